The van der Waals surface area contributed by atoms with Crippen LogP contribution in [0.5, 0.6) is 0 Å². The van der Waals surface area contributed by atoms with E-state index in [0.717, 1.165) is 89.9 Å². The van der Waals surface area contributed by atoms with Gasteiger partial charge < -0.3 is 14.2 Å². The maximum Gasteiger partial charge on any atom is 0.306 e. The molecule has 0 bridgehead atoms. The van der Waals surface area contributed by atoms with Crippen molar-refractivity contribution >= 4 is 17.9 Å². The van der Waals surface area contributed by atoms with Crippen LogP contribution in [0.15, 0.2) is 48.6 Å². The van der Waals surface area contributed by atoms with E-state index in [4.69, 9.17) is 14.2 Å². The highest BCUT2D eigenvalue weighted by Crippen LogP contribution is 2.17. The summed E-state index contributed by atoms with van der Waals surface area (Å²) < 4.78 is 16.8. The van der Waals surface area contributed by atoms with Crippen molar-refractivity contribution in [2.24, 2.45) is 0 Å². The summed E-state index contributed by atoms with van der Waals surface area (Å²) in [5.74, 6) is -0.869. The summed E-state index contributed by atoms with van der Waals surface area (Å²) in [6.45, 7) is 6.49. The lowest BCUT2D eigenvalue weighted by Gasteiger charge is -2.18. The number of carbonyl (C=O) groups is 3. The molecule has 0 aromatic rings. The number of unbranched alkanes of at least 4 members (excludes halogenated alkanes) is 36. The lowest BCUT2D eigenvalue weighted by atomic mass is 10.0. The van der Waals surface area contributed by atoms with Gasteiger partial charge in [-0.15, -0.1) is 0 Å². The minimum Gasteiger partial charge on any atom is -0.462 e. The first-order valence-corrected chi connectivity index (χ1v) is 30.1. The number of hydrogen-bond donors (Lipinski definition) is 0. The second kappa shape index (κ2) is 57.9. The third-order valence-electron chi connectivity index (χ3n) is 13.3. The summed E-state index contributed by atoms with van der Waals surface area (Å²) in [6, 6.07) is 0. The molecule has 6 heteroatoms. The molecule has 1 unspecified atom stereocenters. The van der Waals surface area contributed by atoms with Crippen molar-refractivity contribution < 1.29 is 28.6 Å². The lowest BCUT2D eigenvalue weighted by molar-refractivity contribution is -0.167. The van der Waals surface area contributed by atoms with Crippen LogP contribution in [0.25, 0.3) is 0 Å². The summed E-state index contributed by atoms with van der Waals surface area (Å²) in [6.07, 6.45) is 71.6. The standard InChI is InChI=1S/C63H114O6/c1-4-7-10-13-15-17-19-21-23-25-27-29-30-31-32-34-35-37-39-41-43-45-47-50-53-56-62(65)68-59-60(58-67-61(64)55-52-49-12-9-6-3)69-63(66)57-54-51-48-46-44-42-40-38-36-33-28-26-24-22-20-18-16-14-11-8-5-2/h7,10,15,17,21,23,27,29,60H,4-6,8-9,11-14,16,18-20,22,24-26,28,30-59H2,1-3H3/b10-7-,17-15-,23-21-,29-27-. The van der Waals surface area contributed by atoms with E-state index < -0.39 is 6.10 Å². The normalized spacial score (nSPS) is 12.3. The van der Waals surface area contributed by atoms with E-state index in [9.17, 15) is 14.4 Å². The zero-order chi connectivity index (χ0) is 50.0. The zero-order valence-corrected chi connectivity index (χ0v) is 46.1. The highest BCUT2D eigenvalue weighted by Gasteiger charge is 2.19. The van der Waals surface area contributed by atoms with Gasteiger partial charge in [-0.25, -0.2) is 0 Å². The summed E-state index contributed by atoms with van der Waals surface area (Å²) in [7, 11) is 0. The molecule has 0 N–H and O–H groups in total. The molecule has 6 nitrogen and oxygen atoms in total. The van der Waals surface area contributed by atoms with Gasteiger partial charge in [0.15, 0.2) is 6.10 Å². The molecule has 1 atom stereocenters. The number of ether oxygens (including phenoxy) is 3. The Kier molecular flexibility index (Phi) is 55.7. The average molecular weight is 968 g/mol. The Morgan fingerprint density at radius 1 is 0.304 bits per heavy atom. The Morgan fingerprint density at radius 2 is 0.565 bits per heavy atom. The van der Waals surface area contributed by atoms with Gasteiger partial charge in [-0.3, -0.25) is 14.4 Å². The van der Waals surface area contributed by atoms with E-state index in [1.165, 1.54) is 186 Å². The molecule has 0 fully saturated rings. The predicted octanol–water partition coefficient (Wildman–Crippen LogP) is 20.2. The van der Waals surface area contributed by atoms with Crippen molar-refractivity contribution in [3.8, 4) is 0 Å². The van der Waals surface area contributed by atoms with Crippen LogP contribution < -0.4 is 0 Å². The Balaban J connectivity index is 4.03. The van der Waals surface area contributed by atoms with Gasteiger partial charge >= 0.3 is 17.9 Å². The van der Waals surface area contributed by atoms with Crippen LogP contribution in [0.2, 0.25) is 0 Å². The molecule has 402 valence electrons. The van der Waals surface area contributed by atoms with Crippen LogP contribution in [0.1, 0.15) is 316 Å². The maximum absolute atomic E-state index is 12.8. The molecule has 0 aliphatic heterocycles. The maximum atomic E-state index is 12.8. The van der Waals surface area contributed by atoms with E-state index in [-0.39, 0.29) is 31.1 Å². The Morgan fingerprint density at radius 3 is 0.884 bits per heavy atom. The first-order valence-electron chi connectivity index (χ1n) is 30.1. The third-order valence-corrected chi connectivity index (χ3v) is 13.3. The first kappa shape index (κ1) is 66.4. The van der Waals surface area contributed by atoms with Crippen LogP contribution >= 0.6 is 0 Å². The highest BCUT2D eigenvalue weighted by atomic mass is 16.6. The quantitative estimate of drug-likeness (QED) is 0.0262. The predicted molar refractivity (Wildman–Crippen MR) is 298 cm³/mol. The molecular weight excluding hydrogens is 853 g/mol. The molecule has 0 saturated carbocycles. The molecule has 0 aliphatic carbocycles. The molecular formula is C63H114O6. The molecule has 0 saturated heterocycles. The molecule has 0 aliphatic rings. The minimum absolute atomic E-state index is 0.0705. The average Bonchev–Trinajstić information content (AvgIpc) is 3.35. The topological polar surface area (TPSA) is 78.9 Å². The number of allylic oxidation sites excluding steroid dienone is 8. The van der Waals surface area contributed by atoms with Gasteiger partial charge in [-0.1, -0.05) is 288 Å². The lowest BCUT2D eigenvalue weighted by Crippen LogP contribution is -2.30. The Bertz CT molecular complexity index is 1200. The molecule has 0 rings (SSSR count). The number of rotatable bonds is 55. The van der Waals surface area contributed by atoms with Crippen molar-refractivity contribution in [2.75, 3.05) is 13.2 Å². The fourth-order valence-electron chi connectivity index (χ4n) is 8.85. The Hall–Kier alpha value is -2.63. The fraction of sp³-hybridized carbons (Fsp3) is 0.825. The summed E-state index contributed by atoms with van der Waals surface area (Å²) in [5.41, 5.74) is 0. The van der Waals surface area contributed by atoms with Crippen molar-refractivity contribution in [2.45, 2.75) is 322 Å². The summed E-state index contributed by atoms with van der Waals surface area (Å²) in [4.78, 5) is 37.9. The van der Waals surface area contributed by atoms with Crippen LogP contribution in [0.4, 0.5) is 0 Å². The third kappa shape index (κ3) is 56.2. The van der Waals surface area contributed by atoms with Gasteiger partial charge in [0, 0.05) is 19.3 Å². The van der Waals surface area contributed by atoms with Gasteiger partial charge in [0.25, 0.3) is 0 Å². The van der Waals surface area contributed by atoms with E-state index in [1.807, 2.05) is 0 Å². The van der Waals surface area contributed by atoms with E-state index in [2.05, 4.69) is 69.4 Å². The smallest absolute Gasteiger partial charge is 0.306 e. The second-order valence-electron chi connectivity index (χ2n) is 20.2. The van der Waals surface area contributed by atoms with Crippen LogP contribution in [-0.2, 0) is 28.6 Å². The van der Waals surface area contributed by atoms with Crippen molar-refractivity contribution in [3.63, 3.8) is 0 Å². The van der Waals surface area contributed by atoms with Crippen LogP contribution in [-0.4, -0.2) is 37.2 Å². The second-order valence-corrected chi connectivity index (χ2v) is 20.2. The number of hydrogen-bond acceptors (Lipinski definition) is 6. The summed E-state index contributed by atoms with van der Waals surface area (Å²) >= 11 is 0. The van der Waals surface area contributed by atoms with E-state index in [0.29, 0.717) is 19.3 Å². The fourth-order valence-corrected chi connectivity index (χ4v) is 8.85. The van der Waals surface area contributed by atoms with Gasteiger partial charge in [0.05, 0.1) is 0 Å². The SMILES string of the molecule is CC/C=C\C/C=C\C/C=C\C/C=C\CCCCCCCCCCCCCCC(=O)OCC(COC(=O)CCCCCCC)OC(=O)CCCCCCCCCCCCCCCCCCCCCCC. The van der Waals surface area contributed by atoms with Crippen molar-refractivity contribution in [1.29, 1.82) is 0 Å². The van der Waals surface area contributed by atoms with Crippen LogP contribution in [0, 0.1) is 0 Å². The van der Waals surface area contributed by atoms with Gasteiger partial charge in [-0.2, -0.15) is 0 Å². The van der Waals surface area contributed by atoms with E-state index >= 15 is 0 Å². The molecule has 0 amide bonds. The molecule has 0 aromatic carbocycles. The first-order chi connectivity index (χ1) is 34.0. The molecule has 69 heavy (non-hydrogen) atoms. The van der Waals surface area contributed by atoms with Crippen LogP contribution in [0.3, 0.4) is 0 Å². The molecule has 0 heterocycles. The monoisotopic (exact) mass is 967 g/mol. The molecule has 0 aromatic heterocycles. The molecule has 0 radical (unpaired) electrons. The van der Waals surface area contributed by atoms with Gasteiger partial charge in [0.1, 0.15) is 13.2 Å². The Labute approximate surface area is 428 Å². The number of esters is 3. The van der Waals surface area contributed by atoms with Gasteiger partial charge in [0.2, 0.25) is 0 Å². The van der Waals surface area contributed by atoms with E-state index in [1.54, 1.807) is 0 Å². The highest BCUT2D eigenvalue weighted by molar-refractivity contribution is 5.71. The molecule has 0 spiro atoms. The minimum atomic E-state index is -0.767. The largest absolute Gasteiger partial charge is 0.462 e. The summed E-state index contributed by atoms with van der Waals surface area (Å²) in [5, 5.41) is 0. The number of carbonyl (C=O) groups excluding carboxylic acids is 3. The van der Waals surface area contributed by atoms with Crippen molar-refractivity contribution in [1.82, 2.24) is 0 Å². The van der Waals surface area contributed by atoms with Crippen molar-refractivity contribution in [3.05, 3.63) is 48.6 Å². The van der Waals surface area contributed by atoms with Gasteiger partial charge in [-0.05, 0) is 57.8 Å². The zero-order valence-electron chi connectivity index (χ0n) is 46.1.